The summed E-state index contributed by atoms with van der Waals surface area (Å²) in [4.78, 5) is 17.0. The molecule has 1 atom stereocenters. The highest BCUT2D eigenvalue weighted by atomic mass is 35.5. The van der Waals surface area contributed by atoms with E-state index in [1.54, 1.807) is 30.3 Å². The summed E-state index contributed by atoms with van der Waals surface area (Å²) in [6.07, 6.45) is 0. The van der Waals surface area contributed by atoms with E-state index in [-0.39, 0.29) is 29.2 Å². The highest BCUT2D eigenvalue weighted by Gasteiger charge is 2.30. The lowest BCUT2D eigenvalue weighted by Gasteiger charge is -2.19. The van der Waals surface area contributed by atoms with Gasteiger partial charge in [-0.15, -0.1) is 0 Å². The third kappa shape index (κ3) is 4.22. The average Bonchev–Trinajstić information content (AvgIpc) is 3.02. The van der Waals surface area contributed by atoms with E-state index < -0.39 is 10.0 Å². The van der Waals surface area contributed by atoms with Gasteiger partial charge in [0.25, 0.3) is 10.0 Å². The largest absolute Gasteiger partial charge is 0.344 e. The van der Waals surface area contributed by atoms with Crippen LogP contribution in [0.4, 0.5) is 0 Å². The smallest absolute Gasteiger partial charge is 0.263 e. The number of hydrogen-bond donors (Lipinski definition) is 2. The molecule has 3 aromatic carbocycles. The van der Waals surface area contributed by atoms with Crippen molar-refractivity contribution in [3.63, 3.8) is 0 Å². The summed E-state index contributed by atoms with van der Waals surface area (Å²) < 4.78 is 26.8. The molecule has 0 spiro atoms. The first-order valence-corrected chi connectivity index (χ1v) is 11.1. The van der Waals surface area contributed by atoms with Crippen molar-refractivity contribution in [2.24, 2.45) is 4.99 Å². The Labute approximate surface area is 179 Å². The highest BCUT2D eigenvalue weighted by molar-refractivity contribution is 7.90. The van der Waals surface area contributed by atoms with E-state index in [0.717, 1.165) is 11.1 Å². The van der Waals surface area contributed by atoms with Crippen molar-refractivity contribution in [1.29, 1.82) is 0 Å². The van der Waals surface area contributed by atoms with Gasteiger partial charge in [-0.2, -0.15) is 0 Å². The normalized spacial score (nSPS) is 16.5. The maximum Gasteiger partial charge on any atom is 0.263 e. The molecule has 6 nitrogen and oxygen atoms in total. The Kier molecular flexibility index (Phi) is 5.57. The maximum absolute atomic E-state index is 12.7. The number of amidine groups is 1. The maximum atomic E-state index is 12.7. The zero-order chi connectivity index (χ0) is 21.1. The van der Waals surface area contributed by atoms with Gasteiger partial charge in [0, 0.05) is 10.6 Å². The number of carbonyl (C=O) groups is 1. The van der Waals surface area contributed by atoms with Gasteiger partial charge in [0.2, 0.25) is 5.91 Å². The summed E-state index contributed by atoms with van der Waals surface area (Å²) in [6.45, 7) is -0.219. The number of sulfonamides is 1. The second kappa shape index (κ2) is 8.30. The van der Waals surface area contributed by atoms with Gasteiger partial charge in [0.05, 0.1) is 10.9 Å². The summed E-state index contributed by atoms with van der Waals surface area (Å²) >= 11 is 5.99. The third-order valence-electron chi connectivity index (χ3n) is 4.69. The Balaban J connectivity index is 1.56. The summed E-state index contributed by atoms with van der Waals surface area (Å²) in [5, 5.41) is 3.58. The summed E-state index contributed by atoms with van der Waals surface area (Å²) in [5.41, 5.74) is 2.24. The van der Waals surface area contributed by atoms with Crippen molar-refractivity contribution in [2.75, 3.05) is 6.54 Å². The van der Waals surface area contributed by atoms with Gasteiger partial charge in [-0.3, -0.25) is 14.5 Å². The van der Waals surface area contributed by atoms with Crippen LogP contribution in [0.5, 0.6) is 0 Å². The fourth-order valence-corrected chi connectivity index (χ4v) is 4.65. The lowest BCUT2D eigenvalue weighted by atomic mass is 9.99. The molecule has 0 fully saturated rings. The summed E-state index contributed by atoms with van der Waals surface area (Å²) in [5.74, 6) is -0.168. The molecule has 152 valence electrons. The van der Waals surface area contributed by atoms with Crippen LogP contribution in [-0.4, -0.2) is 26.7 Å². The van der Waals surface area contributed by atoms with Gasteiger partial charge in [-0.05, 0) is 35.4 Å². The highest BCUT2D eigenvalue weighted by Crippen LogP contribution is 2.24. The van der Waals surface area contributed by atoms with Gasteiger partial charge in [-0.25, -0.2) is 8.42 Å². The van der Waals surface area contributed by atoms with E-state index in [2.05, 4.69) is 15.0 Å². The third-order valence-corrected chi connectivity index (χ3v) is 6.33. The molecule has 1 unspecified atom stereocenters. The van der Waals surface area contributed by atoms with Crippen LogP contribution in [0.25, 0.3) is 0 Å². The molecule has 4 rings (SSSR count). The SMILES string of the molecule is O=C(CN=C1NS(=O)(=O)c2ccccc21)NC(c1ccccc1)c1ccc(Cl)cc1. The van der Waals surface area contributed by atoms with E-state index >= 15 is 0 Å². The predicted octanol–water partition coefficient (Wildman–Crippen LogP) is 3.28. The zero-order valence-electron chi connectivity index (χ0n) is 15.7. The minimum Gasteiger partial charge on any atom is -0.344 e. The van der Waals surface area contributed by atoms with E-state index in [1.165, 1.54) is 6.07 Å². The molecular weight excluding hydrogens is 422 g/mol. The van der Waals surface area contributed by atoms with Gasteiger partial charge in [0.1, 0.15) is 12.4 Å². The number of nitrogens with zero attached hydrogens (tertiary/aromatic N) is 1. The fourth-order valence-electron chi connectivity index (χ4n) is 3.27. The Morgan fingerprint density at radius 2 is 1.57 bits per heavy atom. The molecule has 1 heterocycles. The van der Waals surface area contributed by atoms with Gasteiger partial charge in [-0.1, -0.05) is 66.2 Å². The Hall–Kier alpha value is -3.16. The Bertz CT molecular complexity index is 1210. The van der Waals surface area contributed by atoms with Crippen molar-refractivity contribution in [3.8, 4) is 0 Å². The minimum atomic E-state index is -3.64. The molecule has 0 radical (unpaired) electrons. The van der Waals surface area contributed by atoms with Crippen LogP contribution < -0.4 is 10.0 Å². The molecule has 0 aromatic heterocycles. The number of carbonyl (C=O) groups excluding carboxylic acids is 1. The molecule has 1 amide bonds. The van der Waals surface area contributed by atoms with Crippen molar-refractivity contribution >= 4 is 33.4 Å². The van der Waals surface area contributed by atoms with E-state index in [1.807, 2.05) is 42.5 Å². The van der Waals surface area contributed by atoms with Crippen molar-refractivity contribution < 1.29 is 13.2 Å². The van der Waals surface area contributed by atoms with E-state index in [4.69, 9.17) is 11.6 Å². The van der Waals surface area contributed by atoms with E-state index in [0.29, 0.717) is 10.6 Å². The monoisotopic (exact) mass is 439 g/mol. The Morgan fingerprint density at radius 3 is 2.30 bits per heavy atom. The topological polar surface area (TPSA) is 87.6 Å². The number of amides is 1. The van der Waals surface area contributed by atoms with E-state index in [9.17, 15) is 13.2 Å². The summed E-state index contributed by atoms with van der Waals surface area (Å²) in [7, 11) is -3.64. The van der Waals surface area contributed by atoms with Gasteiger partial charge < -0.3 is 5.32 Å². The second-order valence-electron chi connectivity index (χ2n) is 6.73. The lowest BCUT2D eigenvalue weighted by molar-refractivity contribution is -0.120. The number of hydrogen-bond acceptors (Lipinski definition) is 4. The van der Waals surface area contributed by atoms with Crippen LogP contribution in [0, 0.1) is 0 Å². The van der Waals surface area contributed by atoms with Crippen LogP contribution in [0.1, 0.15) is 22.7 Å². The van der Waals surface area contributed by atoms with Crippen LogP contribution in [0.15, 0.2) is 88.8 Å². The zero-order valence-corrected chi connectivity index (χ0v) is 17.3. The fraction of sp³-hybridized carbons (Fsp3) is 0.0909. The van der Waals surface area contributed by atoms with Crippen LogP contribution in [-0.2, 0) is 14.8 Å². The summed E-state index contributed by atoms with van der Waals surface area (Å²) in [6, 6.07) is 22.9. The Morgan fingerprint density at radius 1 is 0.933 bits per heavy atom. The molecule has 3 aromatic rings. The molecule has 0 aliphatic carbocycles. The van der Waals surface area contributed by atoms with Crippen molar-refractivity contribution in [3.05, 3.63) is 101 Å². The van der Waals surface area contributed by atoms with Crippen LogP contribution >= 0.6 is 11.6 Å². The molecule has 1 aliphatic heterocycles. The first-order valence-electron chi connectivity index (χ1n) is 9.20. The lowest BCUT2D eigenvalue weighted by Crippen LogP contribution is -2.32. The van der Waals surface area contributed by atoms with Crippen LogP contribution in [0.2, 0.25) is 5.02 Å². The standard InChI is InChI=1S/C22H18ClN3O3S/c23-17-12-10-16(11-13-17)21(15-6-2-1-3-7-15)25-20(27)14-24-22-18-8-4-5-9-19(18)30(28,29)26-22/h1-13,21H,14H2,(H,24,26)(H,25,27). The number of halogens is 1. The molecule has 0 bridgehead atoms. The first kappa shape index (κ1) is 20.1. The average molecular weight is 440 g/mol. The molecule has 2 N–H and O–H groups in total. The number of nitrogens with one attached hydrogen (secondary N) is 2. The molecule has 0 saturated carbocycles. The van der Waals surface area contributed by atoms with Gasteiger partial charge in [0.15, 0.2) is 0 Å². The quantitative estimate of drug-likeness (QED) is 0.639. The minimum absolute atomic E-state index is 0.160. The molecule has 30 heavy (non-hydrogen) atoms. The molecular formula is C22H18ClN3O3S. The number of benzene rings is 3. The number of rotatable bonds is 5. The second-order valence-corrected chi connectivity index (χ2v) is 8.82. The molecule has 0 saturated heterocycles. The molecule has 1 aliphatic rings. The number of aliphatic imine (C=N–C) groups is 1. The van der Waals surface area contributed by atoms with Crippen molar-refractivity contribution in [1.82, 2.24) is 10.0 Å². The van der Waals surface area contributed by atoms with Crippen LogP contribution in [0.3, 0.4) is 0 Å². The molecule has 8 heteroatoms. The predicted molar refractivity (Wildman–Crippen MR) is 116 cm³/mol. The van der Waals surface area contributed by atoms with Gasteiger partial charge >= 0.3 is 0 Å². The first-order chi connectivity index (χ1) is 14.4. The number of fused-ring (bicyclic) bond motifs is 1. The van der Waals surface area contributed by atoms with Crippen molar-refractivity contribution in [2.45, 2.75) is 10.9 Å².